The Labute approximate surface area is 126 Å². The fourth-order valence-electron chi connectivity index (χ4n) is 3.12. The molecule has 1 saturated heterocycles. The van der Waals surface area contributed by atoms with Crippen molar-refractivity contribution in [2.45, 2.75) is 32.7 Å². The van der Waals surface area contributed by atoms with Gasteiger partial charge in [-0.25, -0.2) is 0 Å². The zero-order chi connectivity index (χ0) is 14.7. The molecule has 4 nitrogen and oxygen atoms in total. The van der Waals surface area contributed by atoms with Crippen molar-refractivity contribution < 1.29 is 9.53 Å². The summed E-state index contributed by atoms with van der Waals surface area (Å²) < 4.78 is 5.55. The maximum Gasteiger partial charge on any atom is 0.222 e. The Balaban J connectivity index is 1.52. The summed E-state index contributed by atoms with van der Waals surface area (Å²) in [7, 11) is 0. The van der Waals surface area contributed by atoms with Gasteiger partial charge in [0.05, 0.1) is 6.61 Å². The molecule has 2 heterocycles. The Kier molecular flexibility index (Phi) is 4.44. The predicted molar refractivity (Wildman–Crippen MR) is 82.4 cm³/mol. The third-order valence-electron chi connectivity index (χ3n) is 4.35. The van der Waals surface area contributed by atoms with E-state index in [1.807, 2.05) is 4.90 Å². The van der Waals surface area contributed by atoms with Crippen molar-refractivity contribution in [1.82, 2.24) is 9.80 Å². The van der Waals surface area contributed by atoms with Crippen LogP contribution in [-0.4, -0.2) is 48.5 Å². The van der Waals surface area contributed by atoms with Crippen LogP contribution in [0.25, 0.3) is 0 Å². The third-order valence-corrected chi connectivity index (χ3v) is 4.35. The van der Waals surface area contributed by atoms with Crippen LogP contribution in [0.4, 0.5) is 0 Å². The SMILES string of the molecule is CCCC(=O)N1CCN(Cc2ccc3c(c2)CCO3)CC1. The zero-order valence-electron chi connectivity index (χ0n) is 12.8. The second-order valence-electron chi connectivity index (χ2n) is 5.95. The van der Waals surface area contributed by atoms with Gasteiger partial charge in [0.2, 0.25) is 5.91 Å². The molecule has 1 fully saturated rings. The molecule has 0 spiro atoms. The van der Waals surface area contributed by atoms with Crippen LogP contribution >= 0.6 is 0 Å². The van der Waals surface area contributed by atoms with E-state index in [2.05, 4.69) is 30.0 Å². The summed E-state index contributed by atoms with van der Waals surface area (Å²) in [5, 5.41) is 0. The molecule has 0 N–H and O–H groups in total. The lowest BCUT2D eigenvalue weighted by Crippen LogP contribution is -2.48. The first-order chi connectivity index (χ1) is 10.3. The van der Waals surface area contributed by atoms with Gasteiger partial charge in [0.15, 0.2) is 0 Å². The molecule has 0 bridgehead atoms. The van der Waals surface area contributed by atoms with Crippen molar-refractivity contribution in [1.29, 1.82) is 0 Å². The number of hydrogen-bond acceptors (Lipinski definition) is 3. The summed E-state index contributed by atoms with van der Waals surface area (Å²) >= 11 is 0. The highest BCUT2D eigenvalue weighted by atomic mass is 16.5. The molecule has 0 saturated carbocycles. The molecular formula is C17H24N2O2. The molecule has 2 aliphatic heterocycles. The fourth-order valence-corrected chi connectivity index (χ4v) is 3.12. The van der Waals surface area contributed by atoms with Gasteiger partial charge in [-0.1, -0.05) is 19.1 Å². The van der Waals surface area contributed by atoms with Crippen molar-refractivity contribution in [2.24, 2.45) is 0 Å². The lowest BCUT2D eigenvalue weighted by atomic mass is 10.1. The average Bonchev–Trinajstić information content (AvgIpc) is 2.96. The highest BCUT2D eigenvalue weighted by Gasteiger charge is 2.21. The normalized spacial score (nSPS) is 18.4. The summed E-state index contributed by atoms with van der Waals surface area (Å²) in [5.41, 5.74) is 2.69. The molecule has 4 heteroatoms. The van der Waals surface area contributed by atoms with Gasteiger partial charge in [0.25, 0.3) is 0 Å². The summed E-state index contributed by atoms with van der Waals surface area (Å²) in [6, 6.07) is 6.54. The number of fused-ring (bicyclic) bond motifs is 1. The van der Waals surface area contributed by atoms with Crippen LogP contribution in [0.3, 0.4) is 0 Å². The molecule has 114 valence electrons. The van der Waals surface area contributed by atoms with Gasteiger partial charge < -0.3 is 9.64 Å². The maximum absolute atomic E-state index is 11.9. The quantitative estimate of drug-likeness (QED) is 0.850. The molecule has 2 aliphatic rings. The number of hydrogen-bond donors (Lipinski definition) is 0. The molecule has 0 aromatic heterocycles. The number of carbonyl (C=O) groups excluding carboxylic acids is 1. The Hall–Kier alpha value is -1.55. The Morgan fingerprint density at radius 3 is 2.81 bits per heavy atom. The smallest absolute Gasteiger partial charge is 0.222 e. The van der Waals surface area contributed by atoms with Gasteiger partial charge in [-0.3, -0.25) is 9.69 Å². The summed E-state index contributed by atoms with van der Waals surface area (Å²) in [6.45, 7) is 7.54. The molecule has 21 heavy (non-hydrogen) atoms. The van der Waals surface area contributed by atoms with E-state index < -0.39 is 0 Å². The van der Waals surface area contributed by atoms with E-state index in [0.29, 0.717) is 12.3 Å². The van der Waals surface area contributed by atoms with Gasteiger partial charge >= 0.3 is 0 Å². The Morgan fingerprint density at radius 2 is 2.05 bits per heavy atom. The second kappa shape index (κ2) is 6.48. The number of rotatable bonds is 4. The minimum absolute atomic E-state index is 0.312. The van der Waals surface area contributed by atoms with Gasteiger partial charge in [-0.2, -0.15) is 0 Å². The first-order valence-electron chi connectivity index (χ1n) is 8.01. The number of amides is 1. The van der Waals surface area contributed by atoms with Crippen molar-refractivity contribution in [3.63, 3.8) is 0 Å². The van der Waals surface area contributed by atoms with Crippen molar-refractivity contribution in [3.8, 4) is 5.75 Å². The van der Waals surface area contributed by atoms with Gasteiger partial charge in [-0.15, -0.1) is 0 Å². The average molecular weight is 288 g/mol. The highest BCUT2D eigenvalue weighted by molar-refractivity contribution is 5.76. The summed E-state index contributed by atoms with van der Waals surface area (Å²) in [5.74, 6) is 1.36. The van der Waals surface area contributed by atoms with Crippen LogP contribution in [0, 0.1) is 0 Å². The number of benzene rings is 1. The zero-order valence-corrected chi connectivity index (χ0v) is 12.8. The number of ether oxygens (including phenoxy) is 1. The molecule has 3 rings (SSSR count). The predicted octanol–water partition coefficient (Wildman–Crippen LogP) is 2.07. The topological polar surface area (TPSA) is 32.8 Å². The maximum atomic E-state index is 11.9. The molecule has 1 aromatic carbocycles. The largest absolute Gasteiger partial charge is 0.493 e. The van der Waals surface area contributed by atoms with E-state index in [1.165, 1.54) is 11.1 Å². The number of piperazine rings is 1. The van der Waals surface area contributed by atoms with Gasteiger partial charge in [0, 0.05) is 45.6 Å². The molecule has 0 radical (unpaired) electrons. The molecular weight excluding hydrogens is 264 g/mol. The van der Waals surface area contributed by atoms with E-state index in [9.17, 15) is 4.79 Å². The third kappa shape index (κ3) is 3.38. The lowest BCUT2D eigenvalue weighted by molar-refractivity contribution is -0.133. The van der Waals surface area contributed by atoms with E-state index in [0.717, 1.165) is 57.9 Å². The Morgan fingerprint density at radius 1 is 1.24 bits per heavy atom. The van der Waals surface area contributed by atoms with Crippen molar-refractivity contribution >= 4 is 5.91 Å². The molecule has 0 aliphatic carbocycles. The molecule has 0 atom stereocenters. The van der Waals surface area contributed by atoms with E-state index >= 15 is 0 Å². The molecule has 1 amide bonds. The number of nitrogens with zero attached hydrogens (tertiary/aromatic N) is 2. The van der Waals surface area contributed by atoms with E-state index in [4.69, 9.17) is 4.74 Å². The summed E-state index contributed by atoms with van der Waals surface area (Å²) in [4.78, 5) is 16.3. The van der Waals surface area contributed by atoms with Crippen LogP contribution in [0.1, 0.15) is 30.9 Å². The van der Waals surface area contributed by atoms with E-state index in [1.54, 1.807) is 0 Å². The number of carbonyl (C=O) groups is 1. The van der Waals surface area contributed by atoms with Crippen LogP contribution in [-0.2, 0) is 17.8 Å². The minimum atomic E-state index is 0.312. The van der Waals surface area contributed by atoms with Crippen LogP contribution < -0.4 is 4.74 Å². The van der Waals surface area contributed by atoms with Crippen molar-refractivity contribution in [2.75, 3.05) is 32.8 Å². The monoisotopic (exact) mass is 288 g/mol. The second-order valence-corrected chi connectivity index (χ2v) is 5.95. The van der Waals surface area contributed by atoms with Gasteiger partial charge in [-0.05, 0) is 23.6 Å². The van der Waals surface area contributed by atoms with E-state index in [-0.39, 0.29) is 0 Å². The molecule has 0 unspecified atom stereocenters. The first-order valence-corrected chi connectivity index (χ1v) is 8.01. The summed E-state index contributed by atoms with van der Waals surface area (Å²) in [6.07, 6.45) is 2.66. The lowest BCUT2D eigenvalue weighted by Gasteiger charge is -2.34. The fraction of sp³-hybridized carbons (Fsp3) is 0.588. The van der Waals surface area contributed by atoms with Crippen LogP contribution in [0.5, 0.6) is 5.75 Å². The van der Waals surface area contributed by atoms with Crippen molar-refractivity contribution in [3.05, 3.63) is 29.3 Å². The van der Waals surface area contributed by atoms with Crippen LogP contribution in [0.2, 0.25) is 0 Å². The molecule has 1 aromatic rings. The Bertz CT molecular complexity index is 508. The standard InChI is InChI=1S/C17H24N2O2/c1-2-3-17(20)19-9-7-18(8-10-19)13-14-4-5-16-15(12-14)6-11-21-16/h4-5,12H,2-3,6-11,13H2,1H3. The van der Waals surface area contributed by atoms with Gasteiger partial charge in [0.1, 0.15) is 5.75 Å². The highest BCUT2D eigenvalue weighted by Crippen LogP contribution is 2.26. The minimum Gasteiger partial charge on any atom is -0.493 e. The van der Waals surface area contributed by atoms with Crippen LogP contribution in [0.15, 0.2) is 18.2 Å². The first kappa shape index (κ1) is 14.4.